The third-order valence-corrected chi connectivity index (χ3v) is 7.62. The van der Waals surface area contributed by atoms with Gasteiger partial charge in [-0.25, -0.2) is 19.7 Å². The monoisotopic (exact) mass is 486 g/mol. The van der Waals surface area contributed by atoms with Gasteiger partial charge in [0.05, 0.1) is 11.0 Å². The van der Waals surface area contributed by atoms with Crippen LogP contribution in [0.1, 0.15) is 42.8 Å². The maximum Gasteiger partial charge on any atom is 0.326 e. The zero-order chi connectivity index (χ0) is 24.8. The summed E-state index contributed by atoms with van der Waals surface area (Å²) in [5, 5.41) is 0. The van der Waals surface area contributed by atoms with Crippen LogP contribution in [0.25, 0.3) is 22.2 Å². The summed E-state index contributed by atoms with van der Waals surface area (Å²) in [4.78, 5) is 46.9. The van der Waals surface area contributed by atoms with Gasteiger partial charge in [-0.05, 0) is 44.2 Å². The van der Waals surface area contributed by atoms with E-state index in [4.69, 9.17) is 4.98 Å². The van der Waals surface area contributed by atoms with E-state index in [1.165, 1.54) is 0 Å². The Labute approximate surface area is 208 Å². The van der Waals surface area contributed by atoms with Crippen LogP contribution in [0.15, 0.2) is 48.0 Å². The molecule has 0 radical (unpaired) electrons. The van der Waals surface area contributed by atoms with Crippen molar-refractivity contribution in [3.63, 3.8) is 0 Å². The van der Waals surface area contributed by atoms with E-state index in [0.29, 0.717) is 42.5 Å². The van der Waals surface area contributed by atoms with Gasteiger partial charge in [-0.2, -0.15) is 0 Å². The van der Waals surface area contributed by atoms with Gasteiger partial charge in [0, 0.05) is 38.8 Å². The molecule has 6 rings (SSSR count). The zero-order valence-electron chi connectivity index (χ0n) is 20.4. The summed E-state index contributed by atoms with van der Waals surface area (Å²) in [6.07, 6.45) is 6.03. The molecule has 2 saturated heterocycles. The summed E-state index contributed by atoms with van der Waals surface area (Å²) in [5.74, 6) is 1.42. The summed E-state index contributed by atoms with van der Waals surface area (Å²) >= 11 is 0. The fourth-order valence-electron chi connectivity index (χ4n) is 5.70. The molecule has 3 aromatic heterocycles. The lowest BCUT2D eigenvalue weighted by atomic mass is 10.0. The van der Waals surface area contributed by atoms with Crippen LogP contribution in [0, 0.1) is 5.92 Å². The van der Waals surface area contributed by atoms with Crippen LogP contribution < -0.4 is 10.6 Å². The minimum absolute atomic E-state index is 0.0653. The fourth-order valence-corrected chi connectivity index (χ4v) is 5.70. The van der Waals surface area contributed by atoms with E-state index in [1.54, 1.807) is 6.33 Å². The number of para-hydroxylation sites is 2. The molecule has 0 spiro atoms. The minimum atomic E-state index is -0.0671. The molecule has 10 heteroatoms. The summed E-state index contributed by atoms with van der Waals surface area (Å²) in [7, 11) is 0. The minimum Gasteiger partial charge on any atom is -0.355 e. The number of piperidine rings is 1. The average Bonchev–Trinajstić information content (AvgIpc) is 3.62. The Hall–Kier alpha value is -3.95. The largest absolute Gasteiger partial charge is 0.355 e. The Bertz CT molecular complexity index is 1510. The molecule has 4 aromatic rings. The number of carbonyl (C=O) groups is 1. The number of fused-ring (bicyclic) bond motifs is 2. The first-order chi connectivity index (χ1) is 17.6. The number of imidazole rings is 2. The smallest absolute Gasteiger partial charge is 0.326 e. The van der Waals surface area contributed by atoms with E-state index in [2.05, 4.69) is 26.4 Å². The number of nitrogens with one attached hydrogen (secondary N) is 1. The Morgan fingerprint density at radius 1 is 1.17 bits per heavy atom. The number of rotatable bonds is 5. The second-order valence-corrected chi connectivity index (χ2v) is 9.62. The number of aromatic nitrogens is 6. The van der Waals surface area contributed by atoms with Crippen LogP contribution in [0.2, 0.25) is 0 Å². The number of amides is 1. The molecular formula is C26H30N8O2. The van der Waals surface area contributed by atoms with E-state index in [0.717, 1.165) is 49.2 Å². The number of benzene rings is 1. The number of likely N-dealkylation sites (tertiary alicyclic amines) is 1. The van der Waals surface area contributed by atoms with Gasteiger partial charge in [-0.15, -0.1) is 6.58 Å². The molecule has 2 aliphatic heterocycles. The molecule has 5 heterocycles. The van der Waals surface area contributed by atoms with Crippen LogP contribution in [-0.4, -0.2) is 66.1 Å². The third-order valence-electron chi connectivity index (χ3n) is 7.62. The van der Waals surface area contributed by atoms with Gasteiger partial charge in [-0.3, -0.25) is 9.36 Å². The first-order valence-corrected chi connectivity index (χ1v) is 12.7. The molecule has 0 bridgehead atoms. The number of aromatic amines is 1. The number of H-pyrrole nitrogens is 1. The van der Waals surface area contributed by atoms with Crippen LogP contribution in [0.5, 0.6) is 0 Å². The van der Waals surface area contributed by atoms with Gasteiger partial charge in [0.2, 0.25) is 5.82 Å². The highest BCUT2D eigenvalue weighted by Gasteiger charge is 2.31. The number of nitrogens with zero attached hydrogens (tertiary/aromatic N) is 7. The van der Waals surface area contributed by atoms with Crippen LogP contribution in [-0.2, 0) is 6.54 Å². The first-order valence-electron chi connectivity index (χ1n) is 12.7. The van der Waals surface area contributed by atoms with E-state index in [-0.39, 0.29) is 17.6 Å². The molecule has 1 atom stereocenters. The van der Waals surface area contributed by atoms with Gasteiger partial charge in [0.25, 0.3) is 5.91 Å². The van der Waals surface area contributed by atoms with E-state index < -0.39 is 0 Å². The van der Waals surface area contributed by atoms with Crippen LogP contribution in [0.4, 0.5) is 5.82 Å². The molecule has 2 aliphatic rings. The van der Waals surface area contributed by atoms with E-state index in [1.807, 2.05) is 51.3 Å². The summed E-state index contributed by atoms with van der Waals surface area (Å²) in [6, 6.07) is 7.92. The second kappa shape index (κ2) is 8.92. The van der Waals surface area contributed by atoms with Crippen molar-refractivity contribution in [3.05, 3.63) is 59.6 Å². The lowest BCUT2D eigenvalue weighted by molar-refractivity contribution is 0.0773. The predicted octanol–water partition coefficient (Wildman–Crippen LogP) is 2.98. The van der Waals surface area contributed by atoms with Crippen molar-refractivity contribution in [2.75, 3.05) is 31.1 Å². The number of carbonyl (C=O) groups excluding carboxylic acids is 1. The highest BCUT2D eigenvalue weighted by atomic mass is 16.2. The Morgan fingerprint density at radius 3 is 2.72 bits per heavy atom. The van der Waals surface area contributed by atoms with E-state index in [9.17, 15) is 9.59 Å². The van der Waals surface area contributed by atoms with Gasteiger partial charge in [0.15, 0.2) is 17.0 Å². The molecule has 0 aliphatic carbocycles. The SMILES string of the molecule is C=C[C@@H]1CCN(C(=O)c2nc3c(N4CCC(n5c(=O)[nH]c6ccccc65)CC4)ncnc3n2CC)C1. The maximum absolute atomic E-state index is 13.4. The molecule has 2 fully saturated rings. The number of anilines is 1. The molecule has 0 unspecified atom stereocenters. The quantitative estimate of drug-likeness (QED) is 0.435. The number of aryl methyl sites for hydroxylation is 1. The van der Waals surface area contributed by atoms with Crippen molar-refractivity contribution in [1.82, 2.24) is 34.0 Å². The molecule has 1 N–H and O–H groups in total. The Balaban J connectivity index is 1.28. The van der Waals surface area contributed by atoms with Crippen molar-refractivity contribution in [2.45, 2.75) is 38.8 Å². The van der Waals surface area contributed by atoms with E-state index >= 15 is 0 Å². The topological polar surface area (TPSA) is 105 Å². The molecular weight excluding hydrogens is 456 g/mol. The first kappa shape index (κ1) is 22.5. The average molecular weight is 487 g/mol. The zero-order valence-corrected chi connectivity index (χ0v) is 20.4. The standard InChI is InChI=1S/C26H30N8O2/c1-3-17-9-12-32(15-17)25(35)24-30-21-22(27-16-28-23(21)33(24)4-2)31-13-10-18(11-14-31)34-20-8-6-5-7-19(20)29-26(34)36/h3,5-8,16-18H,1,4,9-15H2,2H3,(H,29,36)/t17-/m1/s1. The molecule has 36 heavy (non-hydrogen) atoms. The highest BCUT2D eigenvalue weighted by molar-refractivity contribution is 5.96. The summed E-state index contributed by atoms with van der Waals surface area (Å²) in [6.45, 7) is 9.33. The predicted molar refractivity (Wildman–Crippen MR) is 138 cm³/mol. The molecule has 186 valence electrons. The fraction of sp³-hybridized carbons (Fsp3) is 0.423. The highest BCUT2D eigenvalue weighted by Crippen LogP contribution is 2.31. The van der Waals surface area contributed by atoms with Gasteiger partial charge < -0.3 is 19.4 Å². The van der Waals surface area contributed by atoms with Crippen molar-refractivity contribution in [1.29, 1.82) is 0 Å². The molecule has 1 aromatic carbocycles. The van der Waals surface area contributed by atoms with Gasteiger partial charge in [-0.1, -0.05) is 18.2 Å². The van der Waals surface area contributed by atoms with Crippen LogP contribution in [0.3, 0.4) is 0 Å². The van der Waals surface area contributed by atoms with Crippen molar-refractivity contribution in [2.24, 2.45) is 5.92 Å². The number of hydrogen-bond donors (Lipinski definition) is 1. The maximum atomic E-state index is 13.4. The Kier molecular flexibility index (Phi) is 5.58. The number of hydrogen-bond acceptors (Lipinski definition) is 6. The molecule has 0 saturated carbocycles. The van der Waals surface area contributed by atoms with Gasteiger partial charge >= 0.3 is 5.69 Å². The second-order valence-electron chi connectivity index (χ2n) is 9.62. The molecule has 10 nitrogen and oxygen atoms in total. The normalized spacial score (nSPS) is 19.0. The summed E-state index contributed by atoms with van der Waals surface area (Å²) in [5.41, 5.74) is 3.08. The van der Waals surface area contributed by atoms with Crippen molar-refractivity contribution in [3.8, 4) is 0 Å². The molecule has 1 amide bonds. The van der Waals surface area contributed by atoms with Crippen molar-refractivity contribution >= 4 is 33.9 Å². The van der Waals surface area contributed by atoms with Crippen molar-refractivity contribution < 1.29 is 4.79 Å². The summed E-state index contributed by atoms with van der Waals surface area (Å²) < 4.78 is 3.78. The lowest BCUT2D eigenvalue weighted by Gasteiger charge is -2.33. The van der Waals surface area contributed by atoms with Gasteiger partial charge in [0.1, 0.15) is 6.33 Å². The van der Waals surface area contributed by atoms with Crippen LogP contribution >= 0.6 is 0 Å². The lowest BCUT2D eigenvalue weighted by Crippen LogP contribution is -2.37. The third kappa shape index (κ3) is 3.59. The Morgan fingerprint density at radius 2 is 1.97 bits per heavy atom.